The van der Waals surface area contributed by atoms with E-state index in [4.69, 9.17) is 0 Å². The second kappa shape index (κ2) is 8.71. The number of rotatable bonds is 5. The van der Waals surface area contributed by atoms with E-state index in [9.17, 15) is 9.90 Å². The molecule has 9 nitrogen and oxygen atoms in total. The number of pyridine rings is 1. The fraction of sp³-hybridized carbons (Fsp3) is 0.429. The van der Waals surface area contributed by atoms with Crippen molar-refractivity contribution in [3.8, 4) is 5.69 Å². The third-order valence-electron chi connectivity index (χ3n) is 7.83. The van der Waals surface area contributed by atoms with Crippen molar-refractivity contribution in [2.24, 2.45) is 0 Å². The summed E-state index contributed by atoms with van der Waals surface area (Å²) < 4.78 is 18.2. The number of aromatic nitrogens is 5. The van der Waals surface area contributed by atoms with Gasteiger partial charge >= 0.3 is 0 Å². The third-order valence-corrected chi connectivity index (χ3v) is 7.83. The maximum Gasteiger partial charge on any atom is 0.278 e. The smallest absolute Gasteiger partial charge is 0.278 e. The van der Waals surface area contributed by atoms with Crippen LogP contribution in [-0.2, 0) is 17.6 Å². The van der Waals surface area contributed by atoms with E-state index in [1.54, 1.807) is 0 Å². The van der Waals surface area contributed by atoms with Gasteiger partial charge in [-0.05, 0) is 89.2 Å². The number of halogens is 1. The number of benzene rings is 1. The zero-order valence-corrected chi connectivity index (χ0v) is 22.0. The molecule has 1 aliphatic carbocycles. The monoisotopic (exact) mass is 517 g/mol. The Bertz CT molecular complexity index is 1620. The molecule has 0 saturated heterocycles. The van der Waals surface area contributed by atoms with Gasteiger partial charge in [-0.15, -0.1) is 0 Å². The summed E-state index contributed by atoms with van der Waals surface area (Å²) in [5, 5.41) is 17.9. The van der Waals surface area contributed by atoms with Gasteiger partial charge in [0.1, 0.15) is 16.7 Å². The first kappa shape index (κ1) is 24.7. The standard InChI is InChI=1S/C28H32FN7O2/c1-16(2)35-25(37)19-14-31-26(33-18-6-7-20-17(12-18)8-11-32-27(20,3)4)34-24(19)36(35)22-13-23(30-15-21(22)29)28(38)9-5-10-28/h6-7,12-16,32,38H,5,8-11H2,1-4H3,(H,31,33,34). The number of fused-ring (bicyclic) bond motifs is 2. The summed E-state index contributed by atoms with van der Waals surface area (Å²) in [5.74, 6) is -0.311. The lowest BCUT2D eigenvalue weighted by atomic mass is 9.77. The maximum atomic E-state index is 15.3. The molecule has 3 N–H and O–H groups in total. The number of nitrogens with one attached hydrogen (secondary N) is 2. The Kier molecular flexibility index (Phi) is 5.66. The van der Waals surface area contributed by atoms with Gasteiger partial charge in [0.25, 0.3) is 5.56 Å². The SMILES string of the molecule is CC(C)n1c(=O)c2cnc(Nc3ccc4c(c3)CCNC4(C)C)nc2n1-c1cc(C2(O)CCC2)ncc1F. The van der Waals surface area contributed by atoms with Gasteiger partial charge in [0.2, 0.25) is 5.95 Å². The Morgan fingerprint density at radius 2 is 1.95 bits per heavy atom. The Morgan fingerprint density at radius 3 is 2.66 bits per heavy atom. The van der Waals surface area contributed by atoms with Gasteiger partial charge in [-0.1, -0.05) is 6.07 Å². The second-order valence-electron chi connectivity index (χ2n) is 11.2. The third kappa shape index (κ3) is 3.90. The number of nitrogens with zero attached hydrogens (tertiary/aromatic N) is 5. The minimum atomic E-state index is -1.08. The van der Waals surface area contributed by atoms with Crippen LogP contribution in [0.4, 0.5) is 16.0 Å². The van der Waals surface area contributed by atoms with Crippen LogP contribution in [0.15, 0.2) is 41.5 Å². The molecule has 4 aromatic rings. The van der Waals surface area contributed by atoms with Crippen molar-refractivity contribution in [2.75, 3.05) is 11.9 Å². The molecule has 0 unspecified atom stereocenters. The van der Waals surface area contributed by atoms with E-state index in [0.29, 0.717) is 24.5 Å². The summed E-state index contributed by atoms with van der Waals surface area (Å²) in [5.41, 5.74) is 2.64. The molecule has 1 aromatic carbocycles. The molecule has 198 valence electrons. The van der Waals surface area contributed by atoms with E-state index in [1.807, 2.05) is 19.9 Å². The van der Waals surface area contributed by atoms with Crippen LogP contribution < -0.4 is 16.2 Å². The Balaban J connectivity index is 1.47. The molecule has 10 heteroatoms. The van der Waals surface area contributed by atoms with Gasteiger partial charge in [-0.25, -0.2) is 18.7 Å². The summed E-state index contributed by atoms with van der Waals surface area (Å²) in [4.78, 5) is 26.6. The summed E-state index contributed by atoms with van der Waals surface area (Å²) in [6.45, 7) is 8.94. The summed E-state index contributed by atoms with van der Waals surface area (Å²) >= 11 is 0. The van der Waals surface area contributed by atoms with Crippen LogP contribution in [0, 0.1) is 5.82 Å². The second-order valence-corrected chi connectivity index (χ2v) is 11.2. The topological polar surface area (TPSA) is 110 Å². The van der Waals surface area contributed by atoms with Gasteiger partial charge in [0.05, 0.1) is 11.9 Å². The van der Waals surface area contributed by atoms with Crippen molar-refractivity contribution in [1.29, 1.82) is 0 Å². The van der Waals surface area contributed by atoms with E-state index < -0.39 is 11.4 Å². The summed E-state index contributed by atoms with van der Waals surface area (Å²) in [6.07, 6.45) is 5.52. The maximum absolute atomic E-state index is 15.3. The lowest BCUT2D eigenvalue weighted by Gasteiger charge is -2.36. The molecule has 0 atom stereocenters. The van der Waals surface area contributed by atoms with E-state index in [0.717, 1.165) is 31.3 Å². The van der Waals surface area contributed by atoms with Gasteiger partial charge in [0, 0.05) is 23.5 Å². The first-order valence-corrected chi connectivity index (χ1v) is 13.1. The van der Waals surface area contributed by atoms with Gasteiger partial charge in [0.15, 0.2) is 11.5 Å². The van der Waals surface area contributed by atoms with Crippen LogP contribution in [0.3, 0.4) is 0 Å². The quantitative estimate of drug-likeness (QED) is 0.364. The number of aliphatic hydroxyl groups is 1. The average Bonchev–Trinajstić information content (AvgIpc) is 3.14. The molecule has 3 aromatic heterocycles. The predicted molar refractivity (Wildman–Crippen MR) is 143 cm³/mol. The number of hydrogen-bond donors (Lipinski definition) is 3. The predicted octanol–water partition coefficient (Wildman–Crippen LogP) is 4.19. The van der Waals surface area contributed by atoms with Crippen molar-refractivity contribution in [3.05, 3.63) is 69.7 Å². The highest BCUT2D eigenvalue weighted by atomic mass is 19.1. The largest absolute Gasteiger partial charge is 0.384 e. The normalized spacial score (nSPS) is 17.9. The average molecular weight is 518 g/mol. The highest BCUT2D eigenvalue weighted by molar-refractivity contribution is 5.77. The van der Waals surface area contributed by atoms with Crippen LogP contribution in [0.5, 0.6) is 0 Å². The number of hydrogen-bond acceptors (Lipinski definition) is 7. The highest BCUT2D eigenvalue weighted by Gasteiger charge is 2.38. The summed E-state index contributed by atoms with van der Waals surface area (Å²) in [7, 11) is 0. The van der Waals surface area contributed by atoms with Crippen LogP contribution in [0.1, 0.15) is 69.8 Å². The summed E-state index contributed by atoms with van der Waals surface area (Å²) in [6, 6.07) is 7.44. The van der Waals surface area contributed by atoms with E-state index >= 15 is 4.39 Å². The van der Waals surface area contributed by atoms with Crippen molar-refractivity contribution in [1.82, 2.24) is 29.6 Å². The first-order valence-electron chi connectivity index (χ1n) is 13.1. The van der Waals surface area contributed by atoms with Crippen molar-refractivity contribution in [2.45, 2.75) is 70.6 Å². The molecule has 0 bridgehead atoms. The Morgan fingerprint density at radius 1 is 1.16 bits per heavy atom. The molecule has 1 saturated carbocycles. The van der Waals surface area contributed by atoms with Gasteiger partial charge < -0.3 is 15.7 Å². The molecule has 1 fully saturated rings. The molecule has 0 radical (unpaired) electrons. The van der Waals surface area contributed by atoms with Crippen LogP contribution in [0.25, 0.3) is 16.7 Å². The molecule has 6 rings (SSSR count). The molecule has 2 aliphatic rings. The Labute approximate surface area is 219 Å². The molecule has 1 aliphatic heterocycles. The molecule has 4 heterocycles. The molecule has 0 amide bonds. The van der Waals surface area contributed by atoms with Crippen molar-refractivity contribution in [3.63, 3.8) is 0 Å². The lowest BCUT2D eigenvalue weighted by molar-refractivity contribution is -0.0427. The zero-order valence-electron chi connectivity index (χ0n) is 22.0. The van der Waals surface area contributed by atoms with Crippen LogP contribution in [-0.4, -0.2) is 36.0 Å². The highest BCUT2D eigenvalue weighted by Crippen LogP contribution is 2.41. The molecule has 38 heavy (non-hydrogen) atoms. The zero-order chi connectivity index (χ0) is 26.8. The molecule has 0 spiro atoms. The Hall–Kier alpha value is -3.63. The van der Waals surface area contributed by atoms with E-state index in [1.165, 1.54) is 32.8 Å². The van der Waals surface area contributed by atoms with Crippen LogP contribution in [0.2, 0.25) is 0 Å². The lowest BCUT2D eigenvalue weighted by Crippen LogP contribution is -2.42. The fourth-order valence-corrected chi connectivity index (χ4v) is 5.59. The van der Waals surface area contributed by atoms with E-state index in [2.05, 4.69) is 51.6 Å². The molecular weight excluding hydrogens is 485 g/mol. The minimum absolute atomic E-state index is 0.0998. The minimum Gasteiger partial charge on any atom is -0.384 e. The van der Waals surface area contributed by atoms with Crippen molar-refractivity contribution >= 4 is 22.7 Å². The van der Waals surface area contributed by atoms with E-state index in [-0.39, 0.29) is 33.9 Å². The van der Waals surface area contributed by atoms with Crippen molar-refractivity contribution < 1.29 is 9.50 Å². The number of anilines is 2. The molecular formula is C28H32FN7O2. The van der Waals surface area contributed by atoms with Crippen LogP contribution >= 0.6 is 0 Å². The first-order chi connectivity index (χ1) is 18.1. The fourth-order valence-electron chi connectivity index (χ4n) is 5.59. The van der Waals surface area contributed by atoms with Gasteiger partial charge in [-0.3, -0.25) is 9.78 Å². The van der Waals surface area contributed by atoms with Gasteiger partial charge in [-0.2, -0.15) is 4.98 Å².